The molecule has 2 N–H and O–H groups in total. The highest BCUT2D eigenvalue weighted by atomic mass is 16.5. The van der Waals surface area contributed by atoms with Crippen LogP contribution in [0.2, 0.25) is 0 Å². The van der Waals surface area contributed by atoms with Crippen LogP contribution in [-0.4, -0.2) is 77.9 Å². The Morgan fingerprint density at radius 2 is 2.05 bits per heavy atom. The van der Waals surface area contributed by atoms with Gasteiger partial charge in [0, 0.05) is 61.8 Å². The summed E-state index contributed by atoms with van der Waals surface area (Å²) in [6.45, 7) is 9.26. The zero-order chi connectivity index (χ0) is 26.6. The number of aryl methyl sites for hydroxylation is 1. The molecule has 2 aliphatic rings. The third-order valence-electron chi connectivity index (χ3n) is 6.99. The summed E-state index contributed by atoms with van der Waals surface area (Å²) in [5.41, 5.74) is 4.29. The predicted octanol–water partition coefficient (Wildman–Crippen LogP) is 3.49. The van der Waals surface area contributed by atoms with Crippen LogP contribution in [0, 0.1) is 6.92 Å². The van der Waals surface area contributed by atoms with Gasteiger partial charge in [-0.05, 0) is 62.7 Å². The maximum absolute atomic E-state index is 13.3. The fourth-order valence-electron chi connectivity index (χ4n) is 4.75. The Bertz CT molecular complexity index is 1420. The molecule has 0 amide bonds. The van der Waals surface area contributed by atoms with E-state index >= 15 is 0 Å². The van der Waals surface area contributed by atoms with Gasteiger partial charge in [0.15, 0.2) is 11.3 Å². The van der Waals surface area contributed by atoms with Crippen LogP contribution in [0.25, 0.3) is 17.1 Å². The van der Waals surface area contributed by atoms with E-state index in [4.69, 9.17) is 9.47 Å². The van der Waals surface area contributed by atoms with E-state index in [0.29, 0.717) is 5.65 Å². The van der Waals surface area contributed by atoms with Crippen molar-refractivity contribution in [3.8, 4) is 0 Å². The van der Waals surface area contributed by atoms with Crippen molar-refractivity contribution in [2.24, 2.45) is 0 Å². The number of rotatable bonds is 8. The number of pyridine rings is 1. The number of ketones is 1. The van der Waals surface area contributed by atoms with Crippen molar-refractivity contribution < 1.29 is 19.1 Å². The molecule has 1 saturated heterocycles. The van der Waals surface area contributed by atoms with Crippen LogP contribution in [-0.2, 0) is 25.5 Å². The number of Topliss-reactive ketones (excluding diaryl/α,β-unsaturated/α-hetero) is 1. The summed E-state index contributed by atoms with van der Waals surface area (Å²) in [4.78, 5) is 38.2. The van der Waals surface area contributed by atoms with Crippen molar-refractivity contribution in [2.75, 3.05) is 51.7 Å². The molecule has 9 heteroatoms. The number of esters is 1. The van der Waals surface area contributed by atoms with Crippen molar-refractivity contribution >= 4 is 34.5 Å². The number of allylic oxidation sites excluding steroid dienone is 1. The summed E-state index contributed by atoms with van der Waals surface area (Å²) >= 11 is 0. The van der Waals surface area contributed by atoms with Crippen LogP contribution in [0.5, 0.6) is 0 Å². The summed E-state index contributed by atoms with van der Waals surface area (Å²) in [6.07, 6.45) is 6.02. The van der Waals surface area contributed by atoms with Crippen molar-refractivity contribution in [3.05, 3.63) is 76.6 Å². The van der Waals surface area contributed by atoms with E-state index in [9.17, 15) is 9.59 Å². The van der Waals surface area contributed by atoms with Gasteiger partial charge in [-0.25, -0.2) is 9.78 Å². The van der Waals surface area contributed by atoms with E-state index in [0.717, 1.165) is 61.3 Å². The number of aromatic amines is 1. The highest BCUT2D eigenvalue weighted by Crippen LogP contribution is 2.31. The molecule has 1 fully saturated rings. The first-order chi connectivity index (χ1) is 18.4. The molecule has 2 aliphatic heterocycles. The monoisotopic (exact) mass is 515 g/mol. The average Bonchev–Trinajstić information content (AvgIpc) is 3.46. The molecule has 4 heterocycles. The number of piperazine rings is 1. The van der Waals surface area contributed by atoms with Crippen molar-refractivity contribution in [1.82, 2.24) is 19.8 Å². The lowest BCUT2D eigenvalue weighted by molar-refractivity contribution is -0.139. The standard InChI is InChI=1S/C29H33N5O4/c1-4-37-29(36)25-26(35)24(17-21-18-31-27-22(21)6-5-10-30-27)38-28(25)32-23-8-7-20(16-19(23)2)9-11-34-14-12-33(3)13-15-34/h5-8,10,16-18,32H,4,9,11-15H2,1-3H3,(H,30,31). The number of nitrogens with zero attached hydrogens (tertiary/aromatic N) is 3. The number of ether oxygens (including phenoxy) is 2. The molecule has 38 heavy (non-hydrogen) atoms. The second-order valence-electron chi connectivity index (χ2n) is 9.68. The minimum Gasteiger partial charge on any atom is -0.462 e. The van der Waals surface area contributed by atoms with Crippen LogP contribution >= 0.6 is 0 Å². The second kappa shape index (κ2) is 11.2. The fraction of sp³-hybridized carbons (Fsp3) is 0.345. The minimum absolute atomic E-state index is 0.0433. The van der Waals surface area contributed by atoms with Gasteiger partial charge in [0.25, 0.3) is 0 Å². The van der Waals surface area contributed by atoms with Gasteiger partial charge < -0.3 is 29.6 Å². The first-order valence-electron chi connectivity index (χ1n) is 13.0. The highest BCUT2D eigenvalue weighted by Gasteiger charge is 2.37. The van der Waals surface area contributed by atoms with Gasteiger partial charge in [0.05, 0.1) is 6.61 Å². The van der Waals surface area contributed by atoms with Crippen LogP contribution in [0.1, 0.15) is 23.6 Å². The summed E-state index contributed by atoms with van der Waals surface area (Å²) in [5.74, 6) is -1.12. The van der Waals surface area contributed by atoms with E-state index in [1.165, 1.54) is 5.56 Å². The lowest BCUT2D eigenvalue weighted by Crippen LogP contribution is -2.45. The number of hydrogen-bond donors (Lipinski definition) is 2. The van der Waals surface area contributed by atoms with Crippen molar-refractivity contribution in [2.45, 2.75) is 20.3 Å². The quantitative estimate of drug-likeness (QED) is 0.267. The second-order valence-corrected chi connectivity index (χ2v) is 9.68. The van der Waals surface area contributed by atoms with E-state index in [-0.39, 0.29) is 23.8 Å². The molecule has 198 valence electrons. The smallest absolute Gasteiger partial charge is 0.347 e. The third-order valence-corrected chi connectivity index (χ3v) is 6.99. The van der Waals surface area contributed by atoms with Crippen molar-refractivity contribution in [3.63, 3.8) is 0 Å². The number of carbonyl (C=O) groups excluding carboxylic acids is 2. The van der Waals surface area contributed by atoms with Crippen LogP contribution in [0.4, 0.5) is 5.69 Å². The summed E-state index contributed by atoms with van der Waals surface area (Å²) in [7, 11) is 2.16. The van der Waals surface area contributed by atoms with Crippen LogP contribution in [0.15, 0.2) is 59.9 Å². The number of carbonyl (C=O) groups is 2. The number of H-pyrrole nitrogens is 1. The van der Waals surface area contributed by atoms with E-state index in [2.05, 4.69) is 44.3 Å². The number of anilines is 1. The minimum atomic E-state index is -0.717. The Labute approximate surface area is 222 Å². The summed E-state index contributed by atoms with van der Waals surface area (Å²) in [5, 5.41) is 4.02. The number of fused-ring (bicyclic) bond motifs is 1. The topological polar surface area (TPSA) is 99.8 Å². The molecule has 0 spiro atoms. The molecule has 0 radical (unpaired) electrons. The number of aromatic nitrogens is 2. The van der Waals surface area contributed by atoms with Crippen LogP contribution < -0.4 is 5.32 Å². The fourth-order valence-corrected chi connectivity index (χ4v) is 4.75. The molecule has 2 aromatic heterocycles. The first kappa shape index (κ1) is 25.7. The molecule has 3 aromatic rings. The molecule has 0 bridgehead atoms. The number of benzene rings is 1. The molecular formula is C29H33N5O4. The summed E-state index contributed by atoms with van der Waals surface area (Å²) < 4.78 is 11.1. The largest absolute Gasteiger partial charge is 0.462 e. The maximum atomic E-state index is 13.3. The normalized spacial score (nSPS) is 17.9. The predicted molar refractivity (Wildman–Crippen MR) is 146 cm³/mol. The van der Waals surface area contributed by atoms with Crippen LogP contribution in [0.3, 0.4) is 0 Å². The molecular weight excluding hydrogens is 482 g/mol. The molecule has 0 unspecified atom stereocenters. The summed E-state index contributed by atoms with van der Waals surface area (Å²) in [6, 6.07) is 9.89. The molecule has 5 rings (SSSR count). The lowest BCUT2D eigenvalue weighted by Gasteiger charge is -2.32. The number of likely N-dealkylation sites (N-methyl/N-ethyl adjacent to an activating group) is 1. The van der Waals surface area contributed by atoms with Gasteiger partial charge in [-0.3, -0.25) is 4.79 Å². The maximum Gasteiger partial charge on any atom is 0.347 e. The molecule has 0 atom stereocenters. The molecule has 0 aliphatic carbocycles. The van der Waals surface area contributed by atoms with Gasteiger partial charge in [-0.1, -0.05) is 12.1 Å². The Balaban J connectivity index is 1.34. The van der Waals surface area contributed by atoms with E-state index in [1.54, 1.807) is 25.4 Å². The van der Waals surface area contributed by atoms with E-state index in [1.807, 2.05) is 25.1 Å². The van der Waals surface area contributed by atoms with Gasteiger partial charge in [-0.2, -0.15) is 0 Å². The molecule has 9 nitrogen and oxygen atoms in total. The first-order valence-corrected chi connectivity index (χ1v) is 13.0. The Morgan fingerprint density at radius 1 is 1.24 bits per heavy atom. The zero-order valence-corrected chi connectivity index (χ0v) is 22.0. The third kappa shape index (κ3) is 5.49. The lowest BCUT2D eigenvalue weighted by atomic mass is 10.1. The number of nitrogens with one attached hydrogen (secondary N) is 2. The number of hydrogen-bond acceptors (Lipinski definition) is 8. The zero-order valence-electron chi connectivity index (χ0n) is 22.0. The molecule has 1 aromatic carbocycles. The van der Waals surface area contributed by atoms with Gasteiger partial charge in [-0.15, -0.1) is 0 Å². The van der Waals surface area contributed by atoms with E-state index < -0.39 is 11.8 Å². The van der Waals surface area contributed by atoms with Crippen molar-refractivity contribution in [1.29, 1.82) is 0 Å². The Morgan fingerprint density at radius 3 is 2.82 bits per heavy atom. The van der Waals surface area contributed by atoms with Gasteiger partial charge >= 0.3 is 5.97 Å². The highest BCUT2D eigenvalue weighted by molar-refractivity contribution is 6.26. The SMILES string of the molecule is CCOC(=O)C1=C(Nc2ccc(CCN3CCN(C)CC3)cc2C)OC(=Cc2c[nH]c3ncccc23)C1=O. The Kier molecular flexibility index (Phi) is 7.57. The molecule has 0 saturated carbocycles. The Hall–Kier alpha value is -3.95. The average molecular weight is 516 g/mol. The van der Waals surface area contributed by atoms with Gasteiger partial charge in [0.1, 0.15) is 5.65 Å². The van der Waals surface area contributed by atoms with Gasteiger partial charge in [0.2, 0.25) is 11.7 Å².